The van der Waals surface area contributed by atoms with Gasteiger partial charge in [-0.1, -0.05) is 17.7 Å². The summed E-state index contributed by atoms with van der Waals surface area (Å²) in [5.41, 5.74) is 0.928. The van der Waals surface area contributed by atoms with E-state index in [4.69, 9.17) is 28.4 Å². The van der Waals surface area contributed by atoms with Gasteiger partial charge in [-0.2, -0.15) is 0 Å². The van der Waals surface area contributed by atoms with Crippen molar-refractivity contribution in [1.82, 2.24) is 0 Å². The number of hydrogen-bond acceptors (Lipinski definition) is 9. The fourth-order valence-corrected chi connectivity index (χ4v) is 8.45. The minimum absolute atomic E-state index is 0.153. The molecular formula is C40H46O9S2. The van der Waals surface area contributed by atoms with E-state index in [1.165, 1.54) is 26.8 Å². The third kappa shape index (κ3) is 11.2. The third-order valence-corrected chi connectivity index (χ3v) is 11.8. The first-order valence-electron chi connectivity index (χ1n) is 17.7. The van der Waals surface area contributed by atoms with Gasteiger partial charge >= 0.3 is 0 Å². The fourth-order valence-electron chi connectivity index (χ4n) is 5.94. The molecule has 11 heteroatoms. The minimum Gasteiger partial charge on any atom is -0.744 e. The van der Waals surface area contributed by atoms with Gasteiger partial charge in [0.05, 0.1) is 35.6 Å². The number of rotatable bonds is 10. The molecule has 4 aromatic rings. The van der Waals surface area contributed by atoms with Crippen molar-refractivity contribution in [2.45, 2.75) is 103 Å². The van der Waals surface area contributed by atoms with Gasteiger partial charge in [0.15, 0.2) is 33.6 Å². The molecular weight excluding hydrogens is 689 g/mol. The summed E-state index contributed by atoms with van der Waals surface area (Å²) in [4.78, 5) is 3.46. The van der Waals surface area contributed by atoms with Crippen LogP contribution in [-0.4, -0.2) is 51.7 Å². The summed E-state index contributed by atoms with van der Waals surface area (Å²) < 4.78 is 66.8. The first kappa shape index (κ1) is 37.2. The van der Waals surface area contributed by atoms with Gasteiger partial charge in [-0.25, -0.2) is 8.42 Å². The maximum atomic E-state index is 10.4. The Balaban J connectivity index is 0.000000349. The zero-order chi connectivity index (χ0) is 35.5. The van der Waals surface area contributed by atoms with Crippen LogP contribution in [0.5, 0.6) is 17.2 Å². The van der Waals surface area contributed by atoms with Gasteiger partial charge in [0.2, 0.25) is 0 Å². The Labute approximate surface area is 304 Å². The molecule has 0 spiro atoms. The number of hydrogen-bond donors (Lipinski definition) is 0. The van der Waals surface area contributed by atoms with Crippen LogP contribution in [0.2, 0.25) is 0 Å². The van der Waals surface area contributed by atoms with Crippen molar-refractivity contribution in [1.29, 1.82) is 0 Å². The monoisotopic (exact) mass is 734 g/mol. The van der Waals surface area contributed by atoms with Crippen molar-refractivity contribution in [3.05, 3.63) is 103 Å². The summed E-state index contributed by atoms with van der Waals surface area (Å²) in [5, 5.41) is 0. The molecule has 3 atom stereocenters. The second-order valence-electron chi connectivity index (χ2n) is 12.7. The fraction of sp³-hybridized carbons (Fsp3) is 0.400. The Bertz CT molecular complexity index is 1580. The molecule has 51 heavy (non-hydrogen) atoms. The van der Waals surface area contributed by atoms with Crippen LogP contribution in [0.3, 0.4) is 0 Å². The standard InChI is InChI=1S/C33H39O6S.C7H8O3S/c1-4-22-34-31(7-1)37-25-10-16-28(17-11-25)40(29-18-12-26(13-19-29)38-32-8-2-5-23-35-32)30-20-14-27(15-21-30)39-33-9-3-6-24-36-33;1-6-2-4-7(5-3-6)11(8,9)10/h10-21,31-33H,1-9,22-24H2;2-5H,1H3,(H,8,9,10)/q+1;/p-1. The lowest BCUT2D eigenvalue weighted by Gasteiger charge is -2.23. The molecule has 0 radical (unpaired) electrons. The van der Waals surface area contributed by atoms with Gasteiger partial charge < -0.3 is 33.0 Å². The molecule has 3 aliphatic rings. The lowest BCUT2D eigenvalue weighted by atomic mass is 10.2. The first-order valence-corrected chi connectivity index (χ1v) is 20.4. The van der Waals surface area contributed by atoms with Gasteiger partial charge in [0.25, 0.3) is 0 Å². The van der Waals surface area contributed by atoms with E-state index in [0.29, 0.717) is 0 Å². The van der Waals surface area contributed by atoms with Crippen molar-refractivity contribution in [3.8, 4) is 17.2 Å². The van der Waals surface area contributed by atoms with Gasteiger partial charge in [-0.05, 0) is 130 Å². The molecule has 0 amide bonds. The number of ether oxygens (including phenoxy) is 6. The Morgan fingerprint density at radius 1 is 0.529 bits per heavy atom. The van der Waals surface area contributed by atoms with E-state index in [2.05, 4.69) is 72.8 Å². The van der Waals surface area contributed by atoms with Crippen molar-refractivity contribution in [2.75, 3.05) is 19.8 Å². The van der Waals surface area contributed by atoms with Crippen LogP contribution in [0.25, 0.3) is 0 Å². The Kier molecular flexibility index (Phi) is 13.3. The smallest absolute Gasteiger partial charge is 0.199 e. The number of aryl methyl sites for hydroxylation is 1. The molecule has 3 fully saturated rings. The van der Waals surface area contributed by atoms with Gasteiger partial charge in [0, 0.05) is 19.3 Å². The topological polar surface area (TPSA) is 113 Å². The van der Waals surface area contributed by atoms with Crippen molar-refractivity contribution in [3.63, 3.8) is 0 Å². The van der Waals surface area contributed by atoms with E-state index < -0.39 is 10.1 Å². The second kappa shape index (κ2) is 18.3. The van der Waals surface area contributed by atoms with E-state index in [1.807, 2.05) is 6.92 Å². The molecule has 272 valence electrons. The highest BCUT2D eigenvalue weighted by atomic mass is 32.2. The van der Waals surface area contributed by atoms with Crippen LogP contribution in [-0.2, 0) is 35.2 Å². The summed E-state index contributed by atoms with van der Waals surface area (Å²) in [6.07, 6.45) is 9.11. The zero-order valence-electron chi connectivity index (χ0n) is 28.9. The van der Waals surface area contributed by atoms with Crippen LogP contribution in [0.15, 0.2) is 117 Å². The normalized spacial score (nSPS) is 21.4. The minimum atomic E-state index is -4.27. The Morgan fingerprint density at radius 2 is 0.863 bits per heavy atom. The Hall–Kier alpha value is -3.58. The van der Waals surface area contributed by atoms with Crippen molar-refractivity contribution < 1.29 is 41.4 Å². The lowest BCUT2D eigenvalue weighted by Crippen LogP contribution is -2.25. The van der Waals surface area contributed by atoms with Gasteiger partial charge in [-0.3, -0.25) is 0 Å². The summed E-state index contributed by atoms with van der Waals surface area (Å²) in [6.45, 7) is 4.13. The quantitative estimate of drug-likeness (QED) is 0.117. The second-order valence-corrected chi connectivity index (χ2v) is 16.1. The average Bonchev–Trinajstić information content (AvgIpc) is 3.15. The predicted molar refractivity (Wildman–Crippen MR) is 193 cm³/mol. The maximum absolute atomic E-state index is 10.4. The largest absolute Gasteiger partial charge is 0.744 e. The SMILES string of the molecule is Cc1ccc(S(=O)(=O)[O-])cc1.c1cc([S+](c2ccc(OC3CCCCO3)cc2)c2ccc(OC3CCCCO3)cc2)ccc1OC1CCCCO1. The maximum Gasteiger partial charge on any atom is 0.199 e. The molecule has 3 unspecified atom stereocenters. The highest BCUT2D eigenvalue weighted by molar-refractivity contribution is 7.97. The average molecular weight is 735 g/mol. The molecule has 9 nitrogen and oxygen atoms in total. The van der Waals surface area contributed by atoms with Crippen LogP contribution in [0.4, 0.5) is 0 Å². The first-order chi connectivity index (χ1) is 24.8. The molecule has 0 bridgehead atoms. The summed E-state index contributed by atoms with van der Waals surface area (Å²) in [5.74, 6) is 2.52. The molecule has 0 N–H and O–H groups in total. The van der Waals surface area contributed by atoms with Crippen molar-refractivity contribution >= 4 is 21.0 Å². The number of benzene rings is 4. The molecule has 0 saturated carbocycles. The van der Waals surface area contributed by atoms with Crippen LogP contribution in [0.1, 0.15) is 63.4 Å². The lowest BCUT2D eigenvalue weighted by molar-refractivity contribution is -0.106. The van der Waals surface area contributed by atoms with E-state index in [-0.39, 0.29) is 34.7 Å². The molecule has 3 heterocycles. The molecule has 0 aliphatic carbocycles. The van der Waals surface area contributed by atoms with Gasteiger partial charge in [0.1, 0.15) is 27.4 Å². The van der Waals surface area contributed by atoms with Crippen molar-refractivity contribution in [2.24, 2.45) is 0 Å². The highest BCUT2D eigenvalue weighted by Crippen LogP contribution is 2.35. The summed E-state index contributed by atoms with van der Waals surface area (Å²) >= 11 is 0. The molecule has 0 aromatic heterocycles. The van der Waals surface area contributed by atoms with Crippen LogP contribution >= 0.6 is 0 Å². The predicted octanol–water partition coefficient (Wildman–Crippen LogP) is 8.40. The van der Waals surface area contributed by atoms with E-state index in [0.717, 1.165) is 100 Å². The summed E-state index contributed by atoms with van der Waals surface area (Å²) in [7, 11) is -4.59. The molecule has 3 saturated heterocycles. The summed E-state index contributed by atoms with van der Waals surface area (Å²) in [6, 6.07) is 31.1. The third-order valence-electron chi connectivity index (χ3n) is 8.70. The molecule has 3 aliphatic heterocycles. The Morgan fingerprint density at radius 3 is 1.14 bits per heavy atom. The van der Waals surface area contributed by atoms with E-state index in [9.17, 15) is 13.0 Å². The van der Waals surface area contributed by atoms with Gasteiger partial charge in [-0.15, -0.1) is 0 Å². The molecule has 7 rings (SSSR count). The van der Waals surface area contributed by atoms with Crippen LogP contribution < -0.4 is 14.2 Å². The zero-order valence-corrected chi connectivity index (χ0v) is 30.6. The van der Waals surface area contributed by atoms with Crippen LogP contribution in [0, 0.1) is 6.92 Å². The van der Waals surface area contributed by atoms with E-state index >= 15 is 0 Å². The highest BCUT2D eigenvalue weighted by Gasteiger charge is 2.30. The van der Waals surface area contributed by atoms with E-state index in [1.54, 1.807) is 12.1 Å². The molecule has 4 aromatic carbocycles.